The van der Waals surface area contributed by atoms with Gasteiger partial charge in [-0.1, -0.05) is 61.5 Å². The number of nitriles is 1. The van der Waals surface area contributed by atoms with Crippen LogP contribution >= 0.6 is 34.9 Å². The van der Waals surface area contributed by atoms with E-state index >= 15 is 0 Å². The maximum absolute atomic E-state index is 12.8. The lowest BCUT2D eigenvalue weighted by molar-refractivity contribution is -0.115. The molecule has 2 heterocycles. The first-order valence-corrected chi connectivity index (χ1v) is 12.7. The average molecular weight is 448 g/mol. The molecule has 2 aromatic heterocycles. The highest BCUT2D eigenvalue weighted by Crippen LogP contribution is 2.32. The van der Waals surface area contributed by atoms with E-state index in [-0.39, 0.29) is 11.2 Å². The summed E-state index contributed by atoms with van der Waals surface area (Å²) in [6.07, 6.45) is 7.29. The molecule has 1 amide bonds. The largest absolute Gasteiger partial charge is 0.300 e. The molecule has 0 aliphatic heterocycles. The minimum Gasteiger partial charge on any atom is -0.300 e. The molecule has 0 saturated heterocycles. The molecule has 3 rings (SSSR count). The molecule has 2 aromatic rings. The number of fused-ring (bicyclic) bond motifs is 1. The molecule has 1 atom stereocenters. The Labute approximate surface area is 184 Å². The second-order valence-corrected chi connectivity index (χ2v) is 10.5. The Balaban J connectivity index is 1.75. The molecule has 6 nitrogen and oxygen atoms in total. The fraction of sp³-hybridized carbons (Fsp3) is 0.550. The van der Waals surface area contributed by atoms with Gasteiger partial charge in [0.1, 0.15) is 11.1 Å². The molecule has 0 saturated carbocycles. The number of hydrogen-bond acceptors (Lipinski definition) is 8. The molecule has 1 unspecified atom stereocenters. The molecule has 0 aromatic carbocycles. The van der Waals surface area contributed by atoms with Gasteiger partial charge in [0.2, 0.25) is 11.0 Å². The molecular formula is C20H25N5OS3. The van der Waals surface area contributed by atoms with Gasteiger partial charge in [-0.25, -0.2) is 4.98 Å². The van der Waals surface area contributed by atoms with Crippen molar-refractivity contribution in [2.24, 2.45) is 0 Å². The van der Waals surface area contributed by atoms with Gasteiger partial charge in [0.05, 0.1) is 10.8 Å². The summed E-state index contributed by atoms with van der Waals surface area (Å²) in [5.41, 5.74) is 2.85. The van der Waals surface area contributed by atoms with E-state index in [9.17, 15) is 10.1 Å². The van der Waals surface area contributed by atoms with Crippen molar-refractivity contribution in [3.05, 3.63) is 22.9 Å². The van der Waals surface area contributed by atoms with Gasteiger partial charge < -0.3 is 0 Å². The van der Waals surface area contributed by atoms with Crippen molar-refractivity contribution in [2.75, 3.05) is 11.1 Å². The van der Waals surface area contributed by atoms with Gasteiger partial charge in [0.15, 0.2) is 4.34 Å². The fourth-order valence-corrected chi connectivity index (χ4v) is 5.87. The van der Waals surface area contributed by atoms with E-state index in [0.717, 1.165) is 41.5 Å². The van der Waals surface area contributed by atoms with Gasteiger partial charge in [0.25, 0.3) is 0 Å². The van der Waals surface area contributed by atoms with Gasteiger partial charge >= 0.3 is 0 Å². The molecular weight excluding hydrogens is 422 g/mol. The number of aromatic nitrogens is 3. The summed E-state index contributed by atoms with van der Waals surface area (Å²) in [5.74, 6) is 0.788. The standard InChI is InChI=1S/C20H25N5OS3/c1-3-16(17(26)23-19-24-25-20(29-19)27-4-2)28-18-14(12-21)11-13-9-7-5-6-8-10-15(13)22-18/h11,16H,3-10H2,1-2H3,(H,23,24,26). The Kier molecular flexibility index (Phi) is 8.33. The summed E-state index contributed by atoms with van der Waals surface area (Å²) in [6.45, 7) is 4.02. The Bertz CT molecular complexity index is 893. The number of nitrogens with one attached hydrogen (secondary N) is 1. The van der Waals surface area contributed by atoms with E-state index in [1.807, 2.05) is 13.0 Å². The van der Waals surface area contributed by atoms with Crippen LogP contribution in [-0.2, 0) is 17.6 Å². The number of carbonyl (C=O) groups is 1. The third kappa shape index (κ3) is 5.93. The van der Waals surface area contributed by atoms with Crippen molar-refractivity contribution in [3.8, 4) is 6.07 Å². The lowest BCUT2D eigenvalue weighted by Gasteiger charge is -2.17. The highest BCUT2D eigenvalue weighted by Gasteiger charge is 2.23. The summed E-state index contributed by atoms with van der Waals surface area (Å²) in [5, 5.41) is 21.5. The van der Waals surface area contributed by atoms with Crippen LogP contribution in [0.15, 0.2) is 15.4 Å². The van der Waals surface area contributed by atoms with E-state index < -0.39 is 0 Å². The average Bonchev–Trinajstić information content (AvgIpc) is 3.13. The molecule has 0 bridgehead atoms. The zero-order chi connectivity index (χ0) is 20.6. The molecule has 1 aliphatic carbocycles. The van der Waals surface area contributed by atoms with Crippen LogP contribution in [0.1, 0.15) is 62.8 Å². The maximum atomic E-state index is 12.8. The number of aryl methyl sites for hydroxylation is 2. The summed E-state index contributed by atoms with van der Waals surface area (Å²) in [4.78, 5) is 17.6. The lowest BCUT2D eigenvalue weighted by atomic mass is 9.96. The molecule has 0 spiro atoms. The monoisotopic (exact) mass is 447 g/mol. The van der Waals surface area contributed by atoms with Crippen LogP contribution < -0.4 is 5.32 Å². The summed E-state index contributed by atoms with van der Waals surface area (Å²) in [6, 6.07) is 4.26. The van der Waals surface area contributed by atoms with Gasteiger partial charge in [0, 0.05) is 5.69 Å². The highest BCUT2D eigenvalue weighted by molar-refractivity contribution is 8.01. The van der Waals surface area contributed by atoms with Crippen LogP contribution in [0.2, 0.25) is 0 Å². The highest BCUT2D eigenvalue weighted by atomic mass is 32.2. The first kappa shape index (κ1) is 22.1. The molecule has 0 radical (unpaired) electrons. The third-order valence-corrected chi connectivity index (χ3v) is 7.93. The van der Waals surface area contributed by atoms with Crippen molar-refractivity contribution in [1.29, 1.82) is 5.26 Å². The van der Waals surface area contributed by atoms with Crippen LogP contribution in [0.5, 0.6) is 0 Å². The predicted octanol–water partition coefficient (Wildman–Crippen LogP) is 5.09. The normalized spacial score (nSPS) is 14.9. The van der Waals surface area contributed by atoms with E-state index in [4.69, 9.17) is 4.98 Å². The molecule has 9 heteroatoms. The number of hydrogen-bond donors (Lipinski definition) is 1. The van der Waals surface area contributed by atoms with Gasteiger partial charge in [-0.05, 0) is 49.5 Å². The Hall–Kier alpha value is -1.63. The second-order valence-electron chi connectivity index (χ2n) is 6.78. The lowest BCUT2D eigenvalue weighted by Crippen LogP contribution is -2.25. The first-order chi connectivity index (χ1) is 14.1. The van der Waals surface area contributed by atoms with Crippen molar-refractivity contribution in [3.63, 3.8) is 0 Å². The fourth-order valence-electron chi connectivity index (χ4n) is 3.22. The second kappa shape index (κ2) is 11.0. The number of nitrogens with zero attached hydrogens (tertiary/aromatic N) is 4. The summed E-state index contributed by atoms with van der Waals surface area (Å²) >= 11 is 4.36. The maximum Gasteiger partial charge on any atom is 0.239 e. The smallest absolute Gasteiger partial charge is 0.239 e. The number of anilines is 1. The molecule has 0 fully saturated rings. The van der Waals surface area contributed by atoms with E-state index in [2.05, 4.69) is 28.5 Å². The van der Waals surface area contributed by atoms with Crippen LogP contribution in [0.4, 0.5) is 5.13 Å². The van der Waals surface area contributed by atoms with E-state index in [1.165, 1.54) is 41.5 Å². The number of rotatable bonds is 7. The number of thioether (sulfide) groups is 2. The molecule has 29 heavy (non-hydrogen) atoms. The molecule has 1 N–H and O–H groups in total. The zero-order valence-electron chi connectivity index (χ0n) is 16.7. The van der Waals surface area contributed by atoms with Crippen LogP contribution in [0.3, 0.4) is 0 Å². The van der Waals surface area contributed by atoms with Crippen LogP contribution in [-0.4, -0.2) is 32.1 Å². The van der Waals surface area contributed by atoms with Crippen molar-refractivity contribution >= 4 is 45.9 Å². The van der Waals surface area contributed by atoms with E-state index in [1.54, 1.807) is 11.8 Å². The van der Waals surface area contributed by atoms with Crippen molar-refractivity contribution in [2.45, 2.75) is 73.4 Å². The van der Waals surface area contributed by atoms with Gasteiger partial charge in [-0.2, -0.15) is 5.26 Å². The van der Waals surface area contributed by atoms with E-state index in [0.29, 0.717) is 22.1 Å². The number of pyridine rings is 1. The van der Waals surface area contributed by atoms with Crippen molar-refractivity contribution in [1.82, 2.24) is 15.2 Å². The molecule has 1 aliphatic rings. The quantitative estimate of drug-likeness (QED) is 0.467. The summed E-state index contributed by atoms with van der Waals surface area (Å²) in [7, 11) is 0. The van der Waals surface area contributed by atoms with Crippen LogP contribution in [0.25, 0.3) is 0 Å². The Morgan fingerprint density at radius 1 is 1.28 bits per heavy atom. The molecule has 154 valence electrons. The van der Waals surface area contributed by atoms with Gasteiger partial charge in [-0.15, -0.1) is 10.2 Å². The zero-order valence-corrected chi connectivity index (χ0v) is 19.2. The minimum absolute atomic E-state index is 0.126. The first-order valence-electron chi connectivity index (χ1n) is 10.0. The van der Waals surface area contributed by atoms with Gasteiger partial charge in [-0.3, -0.25) is 10.1 Å². The number of carbonyl (C=O) groups excluding carboxylic acids is 1. The summed E-state index contributed by atoms with van der Waals surface area (Å²) < 4.78 is 0.846. The Morgan fingerprint density at radius 2 is 2.07 bits per heavy atom. The number of amides is 1. The van der Waals surface area contributed by atoms with Crippen LogP contribution in [0, 0.1) is 11.3 Å². The topological polar surface area (TPSA) is 91.6 Å². The SMILES string of the molecule is CCSc1nnc(NC(=O)C(CC)Sc2nc3c(cc2C#N)CCCCCC3)s1. The minimum atomic E-state index is -0.340. The predicted molar refractivity (Wildman–Crippen MR) is 120 cm³/mol. The Morgan fingerprint density at radius 3 is 2.79 bits per heavy atom. The third-order valence-electron chi connectivity index (χ3n) is 4.71. The van der Waals surface area contributed by atoms with Crippen molar-refractivity contribution < 1.29 is 4.79 Å².